The highest BCUT2D eigenvalue weighted by Crippen LogP contribution is 2.23. The van der Waals surface area contributed by atoms with Crippen LogP contribution >= 0.6 is 0 Å². The van der Waals surface area contributed by atoms with Gasteiger partial charge in [0.05, 0.1) is 24.5 Å². The molecule has 2 amide bonds. The van der Waals surface area contributed by atoms with E-state index in [2.05, 4.69) is 20.9 Å². The number of hydrogen-bond donors (Lipinski definition) is 4. The Morgan fingerprint density at radius 3 is 1.58 bits per heavy atom. The molecule has 2 aromatic rings. The lowest BCUT2D eigenvalue weighted by Crippen LogP contribution is -2.21. The van der Waals surface area contributed by atoms with Gasteiger partial charge in [-0.3, -0.25) is 9.59 Å². The summed E-state index contributed by atoms with van der Waals surface area (Å²) in [5, 5.41) is 13.5. The fourth-order valence-electron chi connectivity index (χ4n) is 1.83. The fourth-order valence-corrected chi connectivity index (χ4v) is 1.83. The first-order valence-electron chi connectivity index (χ1n) is 7.22. The maximum Gasteiger partial charge on any atom is 0.238 e. The van der Waals surface area contributed by atoms with Gasteiger partial charge < -0.3 is 22.1 Å². The van der Waals surface area contributed by atoms with Crippen molar-refractivity contribution in [3.05, 3.63) is 48.5 Å². The quantitative estimate of drug-likeness (QED) is 0.603. The van der Waals surface area contributed by atoms with Crippen molar-refractivity contribution in [1.82, 2.24) is 0 Å². The van der Waals surface area contributed by atoms with E-state index in [0.29, 0.717) is 22.7 Å². The second-order valence-electron chi connectivity index (χ2n) is 4.81. The van der Waals surface area contributed by atoms with Crippen LogP contribution in [0.1, 0.15) is 0 Å². The second-order valence-corrected chi connectivity index (χ2v) is 4.81. The monoisotopic (exact) mass is 326 g/mol. The molecule has 0 aliphatic carbocycles. The number of benzene rings is 2. The van der Waals surface area contributed by atoms with E-state index in [1.807, 2.05) is 0 Å². The number of nitrogens with two attached hydrogens (primary N) is 2. The predicted octanol–water partition coefficient (Wildman–Crippen LogP) is 1.90. The van der Waals surface area contributed by atoms with Crippen molar-refractivity contribution in [2.75, 3.05) is 23.7 Å². The van der Waals surface area contributed by atoms with Crippen LogP contribution in [0.15, 0.2) is 58.8 Å². The SMILES string of the molecule is NCC(=O)Nc1cccc(/N=N/c2cccc(NC(=O)CN)c2)c1. The van der Waals surface area contributed by atoms with E-state index in [4.69, 9.17) is 11.5 Å². The molecule has 2 rings (SSSR count). The summed E-state index contributed by atoms with van der Waals surface area (Å²) in [5.74, 6) is -0.570. The minimum absolute atomic E-state index is 0.0902. The Bertz CT molecular complexity index is 696. The average Bonchev–Trinajstić information content (AvgIpc) is 2.60. The van der Waals surface area contributed by atoms with Crippen LogP contribution in [0.25, 0.3) is 0 Å². The van der Waals surface area contributed by atoms with Crippen LogP contribution in [0.2, 0.25) is 0 Å². The Balaban J connectivity index is 2.10. The molecule has 0 spiro atoms. The molecule has 0 unspecified atom stereocenters. The molecule has 0 aliphatic rings. The molecule has 0 saturated heterocycles. The van der Waals surface area contributed by atoms with Crippen LogP contribution in [0, 0.1) is 0 Å². The molecule has 8 nitrogen and oxygen atoms in total. The van der Waals surface area contributed by atoms with Gasteiger partial charge >= 0.3 is 0 Å². The molecule has 0 saturated carbocycles. The molecule has 2 aromatic carbocycles. The van der Waals surface area contributed by atoms with Crippen LogP contribution in [0.5, 0.6) is 0 Å². The van der Waals surface area contributed by atoms with Crippen molar-refractivity contribution >= 4 is 34.6 Å². The van der Waals surface area contributed by atoms with Crippen molar-refractivity contribution in [2.45, 2.75) is 0 Å². The number of anilines is 2. The summed E-state index contributed by atoms with van der Waals surface area (Å²) in [6.07, 6.45) is 0. The summed E-state index contributed by atoms with van der Waals surface area (Å²) in [6, 6.07) is 13.8. The number of carbonyl (C=O) groups excluding carboxylic acids is 2. The molecule has 0 aliphatic heterocycles. The van der Waals surface area contributed by atoms with Gasteiger partial charge in [0.15, 0.2) is 0 Å². The normalized spacial score (nSPS) is 10.6. The first kappa shape index (κ1) is 17.3. The van der Waals surface area contributed by atoms with E-state index in [1.165, 1.54) is 0 Å². The predicted molar refractivity (Wildman–Crippen MR) is 92.4 cm³/mol. The van der Waals surface area contributed by atoms with Crippen LogP contribution in [0.4, 0.5) is 22.7 Å². The van der Waals surface area contributed by atoms with Crippen LogP contribution in [-0.2, 0) is 9.59 Å². The van der Waals surface area contributed by atoms with Crippen molar-refractivity contribution in [2.24, 2.45) is 21.7 Å². The number of nitrogens with zero attached hydrogens (tertiary/aromatic N) is 2. The zero-order chi connectivity index (χ0) is 17.4. The lowest BCUT2D eigenvalue weighted by Gasteiger charge is -2.04. The molecule has 0 radical (unpaired) electrons. The molecule has 124 valence electrons. The Morgan fingerprint density at radius 2 is 1.21 bits per heavy atom. The molecule has 0 fully saturated rings. The van der Waals surface area contributed by atoms with Gasteiger partial charge in [0.1, 0.15) is 0 Å². The van der Waals surface area contributed by atoms with Gasteiger partial charge in [0.25, 0.3) is 0 Å². The standard InChI is InChI=1S/C16H18N6O2/c17-9-15(23)19-11-3-1-5-13(7-11)21-22-14-6-2-4-12(8-14)20-16(24)10-18/h1-8H,9-10,17-18H2,(H,19,23)(H,20,24)/b22-21+. The van der Waals surface area contributed by atoms with Crippen LogP contribution < -0.4 is 22.1 Å². The number of rotatable bonds is 6. The molecule has 6 N–H and O–H groups in total. The Hall–Kier alpha value is -3.10. The summed E-state index contributed by atoms with van der Waals surface area (Å²) in [4.78, 5) is 22.6. The molecule has 24 heavy (non-hydrogen) atoms. The van der Waals surface area contributed by atoms with Gasteiger partial charge in [-0.05, 0) is 36.4 Å². The topological polar surface area (TPSA) is 135 Å². The fraction of sp³-hybridized carbons (Fsp3) is 0.125. The van der Waals surface area contributed by atoms with Gasteiger partial charge in [-0.25, -0.2) is 0 Å². The number of hydrogen-bond acceptors (Lipinski definition) is 6. The Morgan fingerprint density at radius 1 is 0.792 bits per heavy atom. The minimum atomic E-state index is -0.285. The first-order chi connectivity index (χ1) is 11.6. The van der Waals surface area contributed by atoms with Crippen LogP contribution in [-0.4, -0.2) is 24.9 Å². The van der Waals surface area contributed by atoms with Crippen molar-refractivity contribution < 1.29 is 9.59 Å². The highest BCUT2D eigenvalue weighted by molar-refractivity contribution is 5.93. The van der Waals surface area contributed by atoms with Crippen LogP contribution in [0.3, 0.4) is 0 Å². The minimum Gasteiger partial charge on any atom is -0.325 e. The van der Waals surface area contributed by atoms with Gasteiger partial charge in [-0.1, -0.05) is 12.1 Å². The van der Waals surface area contributed by atoms with Crippen molar-refractivity contribution in [3.63, 3.8) is 0 Å². The number of carbonyl (C=O) groups is 2. The highest BCUT2D eigenvalue weighted by atomic mass is 16.2. The molecule has 8 heteroatoms. The molecule has 0 aromatic heterocycles. The zero-order valence-corrected chi connectivity index (χ0v) is 12.9. The Labute approximate surface area is 138 Å². The summed E-state index contributed by atoms with van der Waals surface area (Å²) in [6.45, 7) is -0.180. The van der Waals surface area contributed by atoms with E-state index in [1.54, 1.807) is 48.5 Å². The first-order valence-corrected chi connectivity index (χ1v) is 7.22. The average molecular weight is 326 g/mol. The molecular weight excluding hydrogens is 308 g/mol. The Kier molecular flexibility index (Phi) is 6.12. The molecular formula is C16H18N6O2. The summed E-state index contributed by atoms with van der Waals surface area (Å²) < 4.78 is 0. The molecule has 0 atom stereocenters. The second kappa shape index (κ2) is 8.51. The maximum atomic E-state index is 11.3. The van der Waals surface area contributed by atoms with Gasteiger partial charge in [-0.2, -0.15) is 10.2 Å². The summed E-state index contributed by atoms with van der Waals surface area (Å²) >= 11 is 0. The van der Waals surface area contributed by atoms with E-state index in [-0.39, 0.29) is 24.9 Å². The largest absolute Gasteiger partial charge is 0.325 e. The molecule has 0 heterocycles. The lowest BCUT2D eigenvalue weighted by atomic mass is 10.2. The van der Waals surface area contributed by atoms with Gasteiger partial charge in [0, 0.05) is 11.4 Å². The third-order valence-electron chi connectivity index (χ3n) is 2.91. The lowest BCUT2D eigenvalue weighted by molar-refractivity contribution is -0.115. The van der Waals surface area contributed by atoms with E-state index >= 15 is 0 Å². The summed E-state index contributed by atoms with van der Waals surface area (Å²) in [5.41, 5.74) is 12.8. The van der Waals surface area contributed by atoms with Gasteiger partial charge in [0.2, 0.25) is 11.8 Å². The number of nitrogens with one attached hydrogen (secondary N) is 2. The van der Waals surface area contributed by atoms with E-state index in [9.17, 15) is 9.59 Å². The third kappa shape index (κ3) is 5.27. The van der Waals surface area contributed by atoms with Crippen molar-refractivity contribution in [3.8, 4) is 0 Å². The van der Waals surface area contributed by atoms with E-state index < -0.39 is 0 Å². The number of amides is 2. The zero-order valence-electron chi connectivity index (χ0n) is 12.9. The van der Waals surface area contributed by atoms with E-state index in [0.717, 1.165) is 0 Å². The molecule has 0 bridgehead atoms. The maximum absolute atomic E-state index is 11.3. The highest BCUT2D eigenvalue weighted by Gasteiger charge is 2.01. The smallest absolute Gasteiger partial charge is 0.238 e. The summed E-state index contributed by atoms with van der Waals surface area (Å²) in [7, 11) is 0. The number of azo groups is 1. The van der Waals surface area contributed by atoms with Crippen molar-refractivity contribution in [1.29, 1.82) is 0 Å². The third-order valence-corrected chi connectivity index (χ3v) is 2.91. The van der Waals surface area contributed by atoms with Gasteiger partial charge in [-0.15, -0.1) is 0 Å².